The molecule has 0 aromatic rings. The SMILES string of the molecule is O=CO[C@H](CCC(=O)O)NC(=O)N[C@@H](CCCCNC(=O)CCC(=O)O)C(=O)O. The number of unbranched alkanes of at least 4 members (excludes halogenated alkanes) is 1. The van der Waals surface area contributed by atoms with Crippen LogP contribution >= 0.6 is 0 Å². The summed E-state index contributed by atoms with van der Waals surface area (Å²) in [4.78, 5) is 65.7. The lowest BCUT2D eigenvalue weighted by Crippen LogP contribution is -2.49. The second-order valence-corrected chi connectivity index (χ2v) is 5.90. The number of rotatable bonds is 16. The Balaban J connectivity index is 4.28. The highest BCUT2D eigenvalue weighted by Gasteiger charge is 2.22. The number of carbonyl (C=O) groups excluding carboxylic acids is 3. The van der Waals surface area contributed by atoms with Crippen molar-refractivity contribution in [2.45, 2.75) is 57.2 Å². The maximum Gasteiger partial charge on any atom is 0.326 e. The molecule has 0 saturated carbocycles. The molecule has 2 atom stereocenters. The lowest BCUT2D eigenvalue weighted by molar-refractivity contribution is -0.141. The molecule has 0 saturated heterocycles. The lowest BCUT2D eigenvalue weighted by atomic mass is 10.1. The third-order valence-electron chi connectivity index (χ3n) is 3.54. The second-order valence-electron chi connectivity index (χ2n) is 5.90. The highest BCUT2D eigenvalue weighted by molar-refractivity contribution is 5.82. The van der Waals surface area contributed by atoms with Crippen molar-refractivity contribution in [1.29, 1.82) is 0 Å². The van der Waals surface area contributed by atoms with E-state index in [1.165, 1.54) is 0 Å². The van der Waals surface area contributed by atoms with E-state index in [4.69, 9.17) is 15.3 Å². The van der Waals surface area contributed by atoms with Crippen molar-refractivity contribution in [3.63, 3.8) is 0 Å². The summed E-state index contributed by atoms with van der Waals surface area (Å²) in [6, 6.07) is -2.20. The molecule has 0 rings (SSSR count). The zero-order valence-corrected chi connectivity index (χ0v) is 15.6. The summed E-state index contributed by atoms with van der Waals surface area (Å²) < 4.78 is 4.54. The first kappa shape index (κ1) is 25.6. The van der Waals surface area contributed by atoms with Crippen molar-refractivity contribution >= 4 is 36.3 Å². The van der Waals surface area contributed by atoms with Gasteiger partial charge in [-0.25, -0.2) is 9.59 Å². The van der Waals surface area contributed by atoms with Gasteiger partial charge in [-0.3, -0.25) is 19.2 Å². The zero-order chi connectivity index (χ0) is 22.2. The fraction of sp³-hybridized carbons (Fsp3) is 0.625. The number of carboxylic acids is 3. The predicted molar refractivity (Wildman–Crippen MR) is 94.6 cm³/mol. The van der Waals surface area contributed by atoms with E-state index in [0.29, 0.717) is 12.8 Å². The number of carboxylic acid groups (broad SMARTS) is 3. The van der Waals surface area contributed by atoms with Crippen LogP contribution in [0.15, 0.2) is 0 Å². The van der Waals surface area contributed by atoms with Crippen LogP contribution in [0.4, 0.5) is 4.79 Å². The van der Waals surface area contributed by atoms with Crippen LogP contribution in [0.1, 0.15) is 44.9 Å². The molecule has 164 valence electrons. The molecule has 0 radical (unpaired) electrons. The van der Waals surface area contributed by atoms with Gasteiger partial charge in [-0.2, -0.15) is 0 Å². The first-order valence-electron chi connectivity index (χ1n) is 8.75. The quantitative estimate of drug-likeness (QED) is 0.105. The van der Waals surface area contributed by atoms with Gasteiger partial charge >= 0.3 is 23.9 Å². The standard InChI is InChI=1S/C16H25N3O10/c20-9-29-12(5-7-14(24)25)19-16(28)18-10(15(26)27)3-1-2-8-17-11(21)4-6-13(22)23/h9-10,12H,1-8H2,(H,17,21)(H,22,23)(H,24,25)(H,26,27)(H2,18,19,28)/t10-,12+/m0/s1. The summed E-state index contributed by atoms with van der Waals surface area (Å²) in [7, 11) is 0. The Morgan fingerprint density at radius 2 is 1.52 bits per heavy atom. The number of aliphatic carboxylic acids is 3. The molecule has 6 N–H and O–H groups in total. The van der Waals surface area contributed by atoms with E-state index in [-0.39, 0.29) is 45.1 Å². The van der Waals surface area contributed by atoms with Gasteiger partial charge in [0.2, 0.25) is 5.91 Å². The van der Waals surface area contributed by atoms with E-state index in [9.17, 15) is 28.8 Å². The van der Waals surface area contributed by atoms with E-state index in [0.717, 1.165) is 0 Å². The average Bonchev–Trinajstić information content (AvgIpc) is 2.63. The summed E-state index contributed by atoms with van der Waals surface area (Å²) in [5.74, 6) is -3.98. The average molecular weight is 419 g/mol. The molecule has 0 fully saturated rings. The Kier molecular flexibility index (Phi) is 12.9. The number of urea groups is 1. The van der Waals surface area contributed by atoms with Crippen molar-refractivity contribution in [1.82, 2.24) is 16.0 Å². The molecule has 0 heterocycles. The first-order chi connectivity index (χ1) is 13.6. The number of nitrogens with one attached hydrogen (secondary N) is 3. The summed E-state index contributed by atoms with van der Waals surface area (Å²) in [5.41, 5.74) is 0. The Morgan fingerprint density at radius 1 is 0.862 bits per heavy atom. The van der Waals surface area contributed by atoms with Crippen molar-refractivity contribution in [3.8, 4) is 0 Å². The maximum absolute atomic E-state index is 11.9. The normalized spacial score (nSPS) is 12.1. The molecule has 0 aliphatic rings. The number of hydrogen-bond acceptors (Lipinski definition) is 7. The monoisotopic (exact) mass is 419 g/mol. The van der Waals surface area contributed by atoms with E-state index < -0.39 is 42.1 Å². The largest absolute Gasteiger partial charge is 0.481 e. The second kappa shape index (κ2) is 14.6. The minimum atomic E-state index is -1.30. The molecule has 0 unspecified atom stereocenters. The van der Waals surface area contributed by atoms with Gasteiger partial charge in [0.25, 0.3) is 6.47 Å². The van der Waals surface area contributed by atoms with Crippen LogP contribution in [0.2, 0.25) is 0 Å². The minimum Gasteiger partial charge on any atom is -0.481 e. The zero-order valence-electron chi connectivity index (χ0n) is 15.6. The Morgan fingerprint density at radius 3 is 2.07 bits per heavy atom. The molecule has 29 heavy (non-hydrogen) atoms. The Bertz CT molecular complexity index is 595. The summed E-state index contributed by atoms with van der Waals surface area (Å²) >= 11 is 0. The van der Waals surface area contributed by atoms with Crippen molar-refractivity contribution in [2.24, 2.45) is 0 Å². The molecule has 13 nitrogen and oxygen atoms in total. The smallest absolute Gasteiger partial charge is 0.326 e. The Hall–Kier alpha value is -3.38. The van der Waals surface area contributed by atoms with Gasteiger partial charge in [-0.1, -0.05) is 0 Å². The summed E-state index contributed by atoms with van der Waals surface area (Å²) in [5, 5.41) is 33.1. The van der Waals surface area contributed by atoms with Gasteiger partial charge in [0.15, 0.2) is 6.23 Å². The van der Waals surface area contributed by atoms with Crippen LogP contribution in [0.5, 0.6) is 0 Å². The number of ether oxygens (including phenoxy) is 1. The van der Waals surface area contributed by atoms with Gasteiger partial charge in [0.05, 0.1) is 12.8 Å². The molecule has 0 aliphatic heterocycles. The van der Waals surface area contributed by atoms with E-state index in [2.05, 4.69) is 20.7 Å². The van der Waals surface area contributed by atoms with Crippen molar-refractivity contribution < 1.29 is 48.8 Å². The first-order valence-corrected chi connectivity index (χ1v) is 8.75. The van der Waals surface area contributed by atoms with Crippen LogP contribution in [0, 0.1) is 0 Å². The lowest BCUT2D eigenvalue weighted by Gasteiger charge is -2.19. The molecular weight excluding hydrogens is 394 g/mol. The number of amides is 3. The molecule has 0 aromatic carbocycles. The van der Waals surface area contributed by atoms with Crippen LogP contribution in [0.25, 0.3) is 0 Å². The van der Waals surface area contributed by atoms with E-state index in [1.54, 1.807) is 0 Å². The molecule has 0 bridgehead atoms. The molecule has 0 aliphatic carbocycles. The van der Waals surface area contributed by atoms with E-state index in [1.807, 2.05) is 0 Å². The van der Waals surface area contributed by atoms with Gasteiger partial charge in [0.1, 0.15) is 6.04 Å². The summed E-state index contributed by atoms with van der Waals surface area (Å²) in [6.45, 7) is 0.258. The van der Waals surface area contributed by atoms with Crippen LogP contribution in [-0.4, -0.2) is 70.5 Å². The fourth-order valence-electron chi connectivity index (χ4n) is 2.11. The van der Waals surface area contributed by atoms with Gasteiger partial charge < -0.3 is 36.0 Å². The molecule has 0 spiro atoms. The van der Waals surface area contributed by atoms with Crippen molar-refractivity contribution in [3.05, 3.63) is 0 Å². The van der Waals surface area contributed by atoms with Crippen LogP contribution in [-0.2, 0) is 28.7 Å². The topological polar surface area (TPSA) is 208 Å². The minimum absolute atomic E-state index is 0.0340. The molecule has 3 amide bonds. The highest BCUT2D eigenvalue weighted by Crippen LogP contribution is 2.03. The third kappa shape index (κ3) is 14.4. The van der Waals surface area contributed by atoms with Gasteiger partial charge in [0, 0.05) is 19.4 Å². The predicted octanol–water partition coefficient (Wildman–Crippen LogP) is -0.746. The molecule has 13 heteroatoms. The number of carbonyl (C=O) groups is 6. The maximum atomic E-state index is 11.9. The fourth-order valence-corrected chi connectivity index (χ4v) is 2.11. The summed E-state index contributed by atoms with van der Waals surface area (Å²) in [6.07, 6.45) is -1.44. The molecule has 0 aromatic heterocycles. The highest BCUT2D eigenvalue weighted by atomic mass is 16.5. The molecular formula is C16H25N3O10. The van der Waals surface area contributed by atoms with Crippen LogP contribution < -0.4 is 16.0 Å². The van der Waals surface area contributed by atoms with Gasteiger partial charge in [-0.15, -0.1) is 0 Å². The third-order valence-corrected chi connectivity index (χ3v) is 3.54. The van der Waals surface area contributed by atoms with Gasteiger partial charge in [-0.05, 0) is 19.3 Å². The Labute approximate surface area is 165 Å². The van der Waals surface area contributed by atoms with E-state index >= 15 is 0 Å². The number of hydrogen-bond donors (Lipinski definition) is 6. The van der Waals surface area contributed by atoms with Crippen molar-refractivity contribution in [2.75, 3.05) is 6.54 Å². The van der Waals surface area contributed by atoms with Crippen LogP contribution in [0.3, 0.4) is 0 Å².